The maximum absolute atomic E-state index is 11.1. The topological polar surface area (TPSA) is 52.3 Å². The van der Waals surface area contributed by atoms with Crippen LogP contribution < -0.4 is 5.73 Å². The average Bonchev–Trinajstić information content (AvgIpc) is 2.18. The Morgan fingerprint density at radius 1 is 1.43 bits per heavy atom. The van der Waals surface area contributed by atoms with Gasteiger partial charge in [-0.2, -0.15) is 0 Å². The first-order valence-corrected chi connectivity index (χ1v) is 4.62. The van der Waals surface area contributed by atoms with E-state index in [4.69, 9.17) is 10.5 Å². The van der Waals surface area contributed by atoms with E-state index in [-0.39, 0.29) is 5.97 Å². The van der Waals surface area contributed by atoms with Crippen LogP contribution in [0.25, 0.3) is 0 Å². The molecule has 0 aliphatic carbocycles. The van der Waals surface area contributed by atoms with Crippen LogP contribution in [0, 0.1) is 0 Å². The number of hydrogen-bond acceptors (Lipinski definition) is 3. The van der Waals surface area contributed by atoms with Crippen molar-refractivity contribution in [2.45, 2.75) is 26.0 Å². The van der Waals surface area contributed by atoms with Crippen LogP contribution in [0.1, 0.15) is 25.8 Å². The van der Waals surface area contributed by atoms with Gasteiger partial charge in [0.05, 0.1) is 0 Å². The number of rotatable bonds is 3. The van der Waals surface area contributed by atoms with Gasteiger partial charge in [-0.15, -0.1) is 0 Å². The summed E-state index contributed by atoms with van der Waals surface area (Å²) in [5.41, 5.74) is 5.63. The van der Waals surface area contributed by atoms with Crippen LogP contribution in [0.3, 0.4) is 0 Å². The number of carbonyl (C=O) groups excluding carboxylic acids is 1. The van der Waals surface area contributed by atoms with Gasteiger partial charge in [-0.1, -0.05) is 37.3 Å². The first-order chi connectivity index (χ1) is 6.56. The quantitative estimate of drug-likeness (QED) is 0.588. The second kappa shape index (κ2) is 4.24. The van der Waals surface area contributed by atoms with E-state index < -0.39 is 5.72 Å². The minimum Gasteiger partial charge on any atom is -0.440 e. The second-order valence-electron chi connectivity index (χ2n) is 3.30. The summed E-state index contributed by atoms with van der Waals surface area (Å²) in [7, 11) is 0. The Kier molecular flexibility index (Phi) is 3.25. The third-order valence-corrected chi connectivity index (χ3v) is 1.96. The Balaban J connectivity index is 2.80. The molecule has 14 heavy (non-hydrogen) atoms. The number of nitrogens with two attached hydrogens (primary N) is 1. The van der Waals surface area contributed by atoms with Gasteiger partial charge in [0, 0.05) is 12.0 Å². The Bertz CT molecular complexity index is 306. The summed E-state index contributed by atoms with van der Waals surface area (Å²) in [5, 5.41) is 0. The maximum Gasteiger partial charge on any atom is 0.307 e. The number of hydrogen-bond donors (Lipinski definition) is 1. The van der Waals surface area contributed by atoms with E-state index in [0.29, 0.717) is 6.42 Å². The first kappa shape index (κ1) is 10.7. The summed E-state index contributed by atoms with van der Waals surface area (Å²) >= 11 is 0. The number of benzene rings is 1. The SMILES string of the molecule is CCC(=O)OC(C)(N)c1ccccc1. The highest BCUT2D eigenvalue weighted by molar-refractivity contribution is 5.69. The van der Waals surface area contributed by atoms with Crippen LogP contribution in [-0.4, -0.2) is 5.97 Å². The fraction of sp³-hybridized carbons (Fsp3) is 0.364. The van der Waals surface area contributed by atoms with Crippen molar-refractivity contribution in [3.05, 3.63) is 35.9 Å². The van der Waals surface area contributed by atoms with Crippen LogP contribution >= 0.6 is 0 Å². The molecule has 3 nitrogen and oxygen atoms in total. The van der Waals surface area contributed by atoms with Crippen molar-refractivity contribution >= 4 is 5.97 Å². The van der Waals surface area contributed by atoms with Gasteiger partial charge in [0.25, 0.3) is 0 Å². The molecular formula is C11H15NO2. The molecule has 2 N–H and O–H groups in total. The van der Waals surface area contributed by atoms with Gasteiger partial charge in [-0.3, -0.25) is 10.5 Å². The van der Waals surface area contributed by atoms with Crippen LogP contribution in [0.4, 0.5) is 0 Å². The van der Waals surface area contributed by atoms with Crippen molar-refractivity contribution in [3.63, 3.8) is 0 Å². The standard InChI is InChI=1S/C11H15NO2/c1-3-10(13)14-11(2,12)9-7-5-4-6-8-9/h4-8H,3,12H2,1-2H3. The third-order valence-electron chi connectivity index (χ3n) is 1.96. The van der Waals surface area contributed by atoms with E-state index in [1.807, 2.05) is 30.3 Å². The van der Waals surface area contributed by atoms with Crippen molar-refractivity contribution in [1.82, 2.24) is 0 Å². The van der Waals surface area contributed by atoms with Gasteiger partial charge in [0.1, 0.15) is 0 Å². The first-order valence-electron chi connectivity index (χ1n) is 4.62. The minimum atomic E-state index is -1.03. The highest BCUT2D eigenvalue weighted by Crippen LogP contribution is 2.19. The van der Waals surface area contributed by atoms with Gasteiger partial charge < -0.3 is 4.74 Å². The van der Waals surface area contributed by atoms with Crippen molar-refractivity contribution in [2.75, 3.05) is 0 Å². The van der Waals surface area contributed by atoms with E-state index in [0.717, 1.165) is 5.56 Å². The summed E-state index contributed by atoms with van der Waals surface area (Å²) in [6, 6.07) is 9.29. The third kappa shape index (κ3) is 2.57. The largest absolute Gasteiger partial charge is 0.440 e. The molecule has 0 aromatic heterocycles. The molecule has 1 rings (SSSR count). The molecule has 1 atom stereocenters. The van der Waals surface area contributed by atoms with Gasteiger partial charge in [-0.25, -0.2) is 0 Å². The lowest BCUT2D eigenvalue weighted by Crippen LogP contribution is -2.38. The van der Waals surface area contributed by atoms with Gasteiger partial charge in [0.15, 0.2) is 5.72 Å². The average molecular weight is 193 g/mol. The van der Waals surface area contributed by atoms with E-state index in [9.17, 15) is 4.79 Å². The Morgan fingerprint density at radius 3 is 2.50 bits per heavy atom. The Morgan fingerprint density at radius 2 is 2.00 bits per heavy atom. The van der Waals surface area contributed by atoms with Crippen LogP contribution in [0.15, 0.2) is 30.3 Å². The van der Waals surface area contributed by atoms with Crippen molar-refractivity contribution in [3.8, 4) is 0 Å². The monoisotopic (exact) mass is 193 g/mol. The fourth-order valence-corrected chi connectivity index (χ4v) is 1.14. The van der Waals surface area contributed by atoms with Crippen LogP contribution in [0.5, 0.6) is 0 Å². The maximum atomic E-state index is 11.1. The van der Waals surface area contributed by atoms with Crippen molar-refractivity contribution < 1.29 is 9.53 Å². The van der Waals surface area contributed by atoms with E-state index in [1.54, 1.807) is 13.8 Å². The zero-order valence-electron chi connectivity index (χ0n) is 8.49. The second-order valence-corrected chi connectivity index (χ2v) is 3.30. The normalized spacial score (nSPS) is 14.5. The number of carbonyl (C=O) groups is 1. The summed E-state index contributed by atoms with van der Waals surface area (Å²) < 4.78 is 5.11. The molecule has 1 aromatic rings. The smallest absolute Gasteiger partial charge is 0.307 e. The van der Waals surface area contributed by atoms with Gasteiger partial charge in [-0.05, 0) is 6.92 Å². The van der Waals surface area contributed by atoms with Crippen molar-refractivity contribution in [1.29, 1.82) is 0 Å². The van der Waals surface area contributed by atoms with Crippen LogP contribution in [0.2, 0.25) is 0 Å². The summed E-state index contributed by atoms with van der Waals surface area (Å²) in [4.78, 5) is 11.1. The molecule has 0 saturated heterocycles. The zero-order valence-corrected chi connectivity index (χ0v) is 8.49. The number of ether oxygens (including phenoxy) is 1. The molecule has 76 valence electrons. The lowest BCUT2D eigenvalue weighted by atomic mass is 10.1. The Labute approximate surface area is 83.9 Å². The van der Waals surface area contributed by atoms with Gasteiger partial charge >= 0.3 is 5.97 Å². The van der Waals surface area contributed by atoms with Crippen molar-refractivity contribution in [2.24, 2.45) is 5.73 Å². The highest BCUT2D eigenvalue weighted by atomic mass is 16.6. The molecule has 0 spiro atoms. The lowest BCUT2D eigenvalue weighted by Gasteiger charge is -2.24. The molecule has 0 bridgehead atoms. The van der Waals surface area contributed by atoms with E-state index in [1.165, 1.54) is 0 Å². The van der Waals surface area contributed by atoms with Crippen LogP contribution in [-0.2, 0) is 15.3 Å². The minimum absolute atomic E-state index is 0.293. The molecule has 0 aliphatic rings. The Hall–Kier alpha value is -1.35. The van der Waals surface area contributed by atoms with Gasteiger partial charge in [0.2, 0.25) is 0 Å². The highest BCUT2D eigenvalue weighted by Gasteiger charge is 2.24. The molecule has 1 aromatic carbocycles. The predicted octanol–water partition coefficient (Wildman–Crippen LogP) is 1.77. The molecule has 0 amide bonds. The lowest BCUT2D eigenvalue weighted by molar-refractivity contribution is -0.158. The fourth-order valence-electron chi connectivity index (χ4n) is 1.14. The number of esters is 1. The molecular weight excluding hydrogens is 178 g/mol. The molecule has 0 heterocycles. The predicted molar refractivity (Wildman–Crippen MR) is 54.4 cm³/mol. The summed E-state index contributed by atoms with van der Waals surface area (Å²) in [6.45, 7) is 3.42. The molecule has 0 saturated carbocycles. The molecule has 1 unspecified atom stereocenters. The summed E-state index contributed by atoms with van der Waals surface area (Å²) in [6.07, 6.45) is 0.333. The molecule has 0 fully saturated rings. The zero-order chi connectivity index (χ0) is 10.6. The van der Waals surface area contributed by atoms with E-state index in [2.05, 4.69) is 0 Å². The molecule has 3 heteroatoms. The van der Waals surface area contributed by atoms with E-state index >= 15 is 0 Å². The molecule has 0 radical (unpaired) electrons. The summed E-state index contributed by atoms with van der Waals surface area (Å²) in [5.74, 6) is -0.293. The molecule has 0 aliphatic heterocycles.